The molecule has 1 fully saturated rings. The third kappa shape index (κ3) is 2.48. The lowest BCUT2D eigenvalue weighted by Gasteiger charge is -2.36. The Kier molecular flexibility index (Phi) is 4.07. The molecule has 0 heterocycles. The van der Waals surface area contributed by atoms with E-state index in [0.717, 1.165) is 24.3 Å². The van der Waals surface area contributed by atoms with E-state index < -0.39 is 0 Å². The standard InChI is InChI=1S/C11H23N/c1-3-10-6-7-11(10)5-4-9(2)8-12/h9-11H,3-8,12H2,1-2H3. The summed E-state index contributed by atoms with van der Waals surface area (Å²) in [4.78, 5) is 0. The first-order chi connectivity index (χ1) is 5.77. The molecular weight excluding hydrogens is 146 g/mol. The van der Waals surface area contributed by atoms with E-state index >= 15 is 0 Å². The molecule has 0 aromatic rings. The molecule has 0 aromatic carbocycles. The Balaban J connectivity index is 2.07. The van der Waals surface area contributed by atoms with E-state index in [4.69, 9.17) is 5.73 Å². The second-order valence-electron chi connectivity index (χ2n) is 4.42. The molecule has 0 spiro atoms. The topological polar surface area (TPSA) is 26.0 Å². The summed E-state index contributed by atoms with van der Waals surface area (Å²) in [5, 5.41) is 0. The molecule has 1 heteroatoms. The molecule has 0 saturated heterocycles. The van der Waals surface area contributed by atoms with Crippen LogP contribution in [-0.2, 0) is 0 Å². The van der Waals surface area contributed by atoms with Gasteiger partial charge in [0.05, 0.1) is 0 Å². The summed E-state index contributed by atoms with van der Waals surface area (Å²) in [6, 6.07) is 0. The smallest absolute Gasteiger partial charge is 0.00515 e. The molecule has 3 unspecified atom stereocenters. The van der Waals surface area contributed by atoms with Gasteiger partial charge in [-0.2, -0.15) is 0 Å². The van der Waals surface area contributed by atoms with Gasteiger partial charge < -0.3 is 5.73 Å². The molecule has 72 valence electrons. The lowest BCUT2D eigenvalue weighted by atomic mass is 9.69. The Labute approximate surface area is 76.7 Å². The minimum absolute atomic E-state index is 0.739. The average molecular weight is 169 g/mol. The Hall–Kier alpha value is -0.0400. The van der Waals surface area contributed by atoms with Crippen LogP contribution < -0.4 is 5.73 Å². The van der Waals surface area contributed by atoms with Crippen LogP contribution >= 0.6 is 0 Å². The van der Waals surface area contributed by atoms with Gasteiger partial charge in [0, 0.05) is 0 Å². The van der Waals surface area contributed by atoms with Crippen molar-refractivity contribution in [2.45, 2.75) is 46.0 Å². The molecule has 0 radical (unpaired) electrons. The van der Waals surface area contributed by atoms with E-state index in [-0.39, 0.29) is 0 Å². The highest BCUT2D eigenvalue weighted by molar-refractivity contribution is 4.79. The Morgan fingerprint density at radius 2 is 2.00 bits per heavy atom. The van der Waals surface area contributed by atoms with Crippen molar-refractivity contribution in [3.8, 4) is 0 Å². The summed E-state index contributed by atoms with van der Waals surface area (Å²) in [5.74, 6) is 2.84. The van der Waals surface area contributed by atoms with Crippen molar-refractivity contribution >= 4 is 0 Å². The zero-order valence-electron chi connectivity index (χ0n) is 8.55. The molecule has 0 aliphatic heterocycles. The highest BCUT2D eigenvalue weighted by atomic mass is 14.5. The molecule has 1 rings (SSSR count). The zero-order valence-corrected chi connectivity index (χ0v) is 8.55. The lowest BCUT2D eigenvalue weighted by Crippen LogP contribution is -2.26. The van der Waals surface area contributed by atoms with E-state index in [1.54, 1.807) is 0 Å². The van der Waals surface area contributed by atoms with Crippen molar-refractivity contribution in [1.82, 2.24) is 0 Å². The molecule has 2 N–H and O–H groups in total. The summed E-state index contributed by atoms with van der Waals surface area (Å²) in [5.41, 5.74) is 5.58. The van der Waals surface area contributed by atoms with Crippen LogP contribution in [0, 0.1) is 17.8 Å². The molecule has 3 atom stereocenters. The Morgan fingerprint density at radius 1 is 1.33 bits per heavy atom. The summed E-state index contributed by atoms with van der Waals surface area (Å²) < 4.78 is 0. The van der Waals surface area contributed by atoms with Crippen LogP contribution in [0.1, 0.15) is 46.0 Å². The van der Waals surface area contributed by atoms with Gasteiger partial charge in [0.1, 0.15) is 0 Å². The monoisotopic (exact) mass is 169 g/mol. The zero-order chi connectivity index (χ0) is 8.97. The van der Waals surface area contributed by atoms with Gasteiger partial charge in [-0.3, -0.25) is 0 Å². The quantitative estimate of drug-likeness (QED) is 0.673. The van der Waals surface area contributed by atoms with Gasteiger partial charge in [0.2, 0.25) is 0 Å². The minimum atomic E-state index is 0.739. The van der Waals surface area contributed by atoms with Gasteiger partial charge in [0.15, 0.2) is 0 Å². The van der Waals surface area contributed by atoms with E-state index in [1.807, 2.05) is 0 Å². The van der Waals surface area contributed by atoms with Crippen molar-refractivity contribution in [2.75, 3.05) is 6.54 Å². The second kappa shape index (κ2) is 4.86. The third-order valence-electron chi connectivity index (χ3n) is 3.53. The van der Waals surface area contributed by atoms with Crippen molar-refractivity contribution in [1.29, 1.82) is 0 Å². The van der Waals surface area contributed by atoms with Crippen molar-refractivity contribution in [3.63, 3.8) is 0 Å². The van der Waals surface area contributed by atoms with E-state index in [0.29, 0.717) is 0 Å². The minimum Gasteiger partial charge on any atom is -0.330 e. The van der Waals surface area contributed by atoms with Crippen LogP contribution in [0.15, 0.2) is 0 Å². The highest BCUT2D eigenvalue weighted by Crippen LogP contribution is 2.40. The maximum absolute atomic E-state index is 5.58. The van der Waals surface area contributed by atoms with E-state index in [2.05, 4.69) is 13.8 Å². The SMILES string of the molecule is CCC1CCC1CCC(C)CN. The second-order valence-corrected chi connectivity index (χ2v) is 4.42. The number of hydrogen-bond acceptors (Lipinski definition) is 1. The molecule has 0 amide bonds. The number of rotatable bonds is 5. The van der Waals surface area contributed by atoms with Gasteiger partial charge in [0.25, 0.3) is 0 Å². The fraction of sp³-hybridized carbons (Fsp3) is 1.00. The fourth-order valence-corrected chi connectivity index (χ4v) is 2.17. The Morgan fingerprint density at radius 3 is 2.42 bits per heavy atom. The third-order valence-corrected chi connectivity index (χ3v) is 3.53. The molecular formula is C11H23N. The van der Waals surface area contributed by atoms with Crippen LogP contribution in [-0.4, -0.2) is 6.54 Å². The van der Waals surface area contributed by atoms with E-state index in [1.165, 1.54) is 32.1 Å². The van der Waals surface area contributed by atoms with Crippen LogP contribution in [0.25, 0.3) is 0 Å². The largest absolute Gasteiger partial charge is 0.330 e. The van der Waals surface area contributed by atoms with Crippen LogP contribution in [0.4, 0.5) is 0 Å². The lowest BCUT2D eigenvalue weighted by molar-refractivity contribution is 0.150. The molecule has 1 aliphatic rings. The summed E-state index contributed by atoms with van der Waals surface area (Å²) in [6.45, 7) is 5.45. The van der Waals surface area contributed by atoms with Crippen molar-refractivity contribution < 1.29 is 0 Å². The van der Waals surface area contributed by atoms with E-state index in [9.17, 15) is 0 Å². The first-order valence-electron chi connectivity index (χ1n) is 5.48. The average Bonchev–Trinajstić information content (AvgIpc) is 2.03. The maximum Gasteiger partial charge on any atom is -0.00515 e. The van der Waals surface area contributed by atoms with Gasteiger partial charge in [-0.1, -0.05) is 20.3 Å². The fourth-order valence-electron chi connectivity index (χ4n) is 2.17. The summed E-state index contributed by atoms with van der Waals surface area (Å²) >= 11 is 0. The molecule has 0 bridgehead atoms. The predicted molar refractivity (Wildman–Crippen MR) is 54.0 cm³/mol. The van der Waals surface area contributed by atoms with Crippen LogP contribution in [0.2, 0.25) is 0 Å². The summed E-state index contributed by atoms with van der Waals surface area (Å²) in [6.07, 6.45) is 7.13. The molecule has 1 aliphatic carbocycles. The first kappa shape index (κ1) is 10.0. The van der Waals surface area contributed by atoms with Gasteiger partial charge in [-0.25, -0.2) is 0 Å². The number of hydrogen-bond donors (Lipinski definition) is 1. The maximum atomic E-state index is 5.58. The molecule has 12 heavy (non-hydrogen) atoms. The number of nitrogens with two attached hydrogens (primary N) is 1. The van der Waals surface area contributed by atoms with Gasteiger partial charge in [-0.05, 0) is 50.0 Å². The molecule has 1 nitrogen and oxygen atoms in total. The molecule has 0 aromatic heterocycles. The Bertz CT molecular complexity index is 120. The van der Waals surface area contributed by atoms with Gasteiger partial charge >= 0.3 is 0 Å². The van der Waals surface area contributed by atoms with Gasteiger partial charge in [-0.15, -0.1) is 0 Å². The normalized spacial score (nSPS) is 31.2. The highest BCUT2D eigenvalue weighted by Gasteiger charge is 2.28. The summed E-state index contributed by atoms with van der Waals surface area (Å²) in [7, 11) is 0. The molecule has 1 saturated carbocycles. The predicted octanol–water partition coefficient (Wildman–Crippen LogP) is 2.80. The van der Waals surface area contributed by atoms with Crippen LogP contribution in [0.3, 0.4) is 0 Å². The van der Waals surface area contributed by atoms with Crippen LogP contribution in [0.5, 0.6) is 0 Å². The van der Waals surface area contributed by atoms with Crippen molar-refractivity contribution in [3.05, 3.63) is 0 Å². The first-order valence-corrected chi connectivity index (χ1v) is 5.48. The van der Waals surface area contributed by atoms with Crippen molar-refractivity contribution in [2.24, 2.45) is 23.5 Å².